The summed E-state index contributed by atoms with van der Waals surface area (Å²) in [5.74, 6) is 0. The standard InChI is InChI=1S/C13H20NO3P.2Na/c1-11-4-2-5-12-6-8-14(10-13(11)12)7-3-9-18(15,16)17;;/h2,4-5H,3,6-10H2,1H3,(H2,15,16,17);;/q;;+1/p-1. The number of hydrogen-bond donors (Lipinski definition) is 1. The van der Waals surface area contributed by atoms with Crippen LogP contribution in [0.1, 0.15) is 23.1 Å². The van der Waals surface area contributed by atoms with Gasteiger partial charge in [-0.25, -0.2) is 0 Å². The molecule has 0 amide bonds. The maximum Gasteiger partial charge on any atom is 1.00 e. The minimum Gasteiger partial charge on any atom is -0.779 e. The second-order valence-corrected chi connectivity index (χ2v) is 6.68. The number of aryl methyl sites for hydroxylation is 1. The summed E-state index contributed by atoms with van der Waals surface area (Å²) in [5, 5.41) is 0. The molecule has 0 saturated carbocycles. The van der Waals surface area contributed by atoms with E-state index in [1.807, 2.05) is 0 Å². The first kappa shape index (κ1) is 21.3. The van der Waals surface area contributed by atoms with E-state index in [0.29, 0.717) is 6.42 Å². The Morgan fingerprint density at radius 1 is 1.45 bits per heavy atom. The van der Waals surface area contributed by atoms with Gasteiger partial charge in [0.15, 0.2) is 0 Å². The molecule has 4 nitrogen and oxygen atoms in total. The van der Waals surface area contributed by atoms with Crippen LogP contribution >= 0.6 is 7.60 Å². The third-order valence-electron chi connectivity index (χ3n) is 3.50. The Hall–Kier alpha value is 1.33. The third kappa shape index (κ3) is 6.62. The Morgan fingerprint density at radius 2 is 2.15 bits per heavy atom. The molecule has 0 fully saturated rings. The van der Waals surface area contributed by atoms with Gasteiger partial charge in [-0.05, 0) is 43.0 Å². The van der Waals surface area contributed by atoms with Crippen LogP contribution in [0.2, 0.25) is 0 Å². The van der Waals surface area contributed by atoms with Crippen LogP contribution in [0.25, 0.3) is 0 Å². The van der Waals surface area contributed by atoms with Crippen LogP contribution in [0.5, 0.6) is 0 Å². The smallest absolute Gasteiger partial charge is 0.779 e. The number of fused-ring (bicyclic) bond motifs is 1. The largest absolute Gasteiger partial charge is 1.00 e. The zero-order chi connectivity index (χ0) is 13.2. The van der Waals surface area contributed by atoms with Crippen LogP contribution in [-0.4, -0.2) is 58.6 Å². The van der Waals surface area contributed by atoms with Crippen LogP contribution < -0.4 is 34.5 Å². The molecule has 0 aromatic heterocycles. The summed E-state index contributed by atoms with van der Waals surface area (Å²) >= 11 is 0. The topological polar surface area (TPSA) is 63.6 Å². The van der Waals surface area contributed by atoms with Crippen molar-refractivity contribution in [3.8, 4) is 0 Å². The van der Waals surface area contributed by atoms with Gasteiger partial charge < -0.3 is 14.4 Å². The molecule has 1 aromatic carbocycles. The van der Waals surface area contributed by atoms with Crippen LogP contribution in [0.4, 0.5) is 0 Å². The first-order chi connectivity index (χ1) is 8.46. The van der Waals surface area contributed by atoms with E-state index in [1.165, 1.54) is 16.7 Å². The number of benzene rings is 1. The quantitative estimate of drug-likeness (QED) is 0.511. The van der Waals surface area contributed by atoms with E-state index in [-0.39, 0.29) is 65.3 Å². The maximum atomic E-state index is 10.7. The third-order valence-corrected chi connectivity index (χ3v) is 4.38. The Labute approximate surface area is 165 Å². The molecule has 1 heterocycles. The summed E-state index contributed by atoms with van der Waals surface area (Å²) in [4.78, 5) is 21.7. The van der Waals surface area contributed by atoms with Crippen LogP contribution in [0, 0.1) is 6.92 Å². The van der Waals surface area contributed by atoms with E-state index in [1.54, 1.807) is 0 Å². The first-order valence-electron chi connectivity index (χ1n) is 6.28. The van der Waals surface area contributed by atoms with Crippen molar-refractivity contribution in [1.29, 1.82) is 0 Å². The van der Waals surface area contributed by atoms with Crippen molar-refractivity contribution >= 4 is 37.2 Å². The van der Waals surface area contributed by atoms with E-state index in [4.69, 9.17) is 4.89 Å². The monoisotopic (exact) mass is 314 g/mol. The molecule has 0 aliphatic carbocycles. The number of rotatable bonds is 4. The fourth-order valence-electron chi connectivity index (χ4n) is 2.49. The minimum atomic E-state index is -4.09. The van der Waals surface area contributed by atoms with Crippen LogP contribution in [0.15, 0.2) is 18.2 Å². The second kappa shape index (κ2) is 9.46. The molecule has 0 bridgehead atoms. The summed E-state index contributed by atoms with van der Waals surface area (Å²) in [7, 11) is -4.09. The van der Waals surface area contributed by atoms with Crippen LogP contribution in [-0.2, 0) is 17.5 Å². The maximum absolute atomic E-state index is 10.7. The average Bonchev–Trinajstić information content (AvgIpc) is 2.28. The molecule has 1 N–H and O–H groups in total. The van der Waals surface area contributed by atoms with E-state index < -0.39 is 7.60 Å². The number of nitrogens with zero attached hydrogens (tertiary/aromatic N) is 1. The van der Waals surface area contributed by atoms with Crippen molar-refractivity contribution in [2.45, 2.75) is 26.3 Å². The fourth-order valence-corrected chi connectivity index (χ4v) is 3.03. The SMILES string of the molecule is Cc1cccc2c1CN(CCCP(=O)([O-])O)CC2.[Na+].[Na]. The summed E-state index contributed by atoms with van der Waals surface area (Å²) < 4.78 is 10.7. The van der Waals surface area contributed by atoms with Gasteiger partial charge in [-0.2, -0.15) is 0 Å². The molecular weight excluding hydrogens is 295 g/mol. The van der Waals surface area contributed by atoms with Gasteiger partial charge in [0.1, 0.15) is 7.60 Å². The van der Waals surface area contributed by atoms with Crippen molar-refractivity contribution in [3.63, 3.8) is 0 Å². The molecule has 0 spiro atoms. The van der Waals surface area contributed by atoms with Gasteiger partial charge in [-0.1, -0.05) is 18.2 Å². The van der Waals surface area contributed by atoms with Gasteiger partial charge in [0.25, 0.3) is 0 Å². The predicted molar refractivity (Wildman–Crippen MR) is 75.2 cm³/mol. The van der Waals surface area contributed by atoms with Crippen molar-refractivity contribution in [2.75, 3.05) is 19.3 Å². The molecule has 20 heavy (non-hydrogen) atoms. The molecule has 1 aliphatic rings. The van der Waals surface area contributed by atoms with E-state index >= 15 is 0 Å². The molecule has 7 heteroatoms. The summed E-state index contributed by atoms with van der Waals surface area (Å²) in [6, 6.07) is 6.37. The van der Waals surface area contributed by atoms with Gasteiger partial charge in [0, 0.05) is 48.8 Å². The average molecular weight is 314 g/mol. The van der Waals surface area contributed by atoms with E-state index in [9.17, 15) is 9.46 Å². The van der Waals surface area contributed by atoms with Crippen molar-refractivity contribution in [3.05, 3.63) is 34.9 Å². The molecule has 1 radical (unpaired) electrons. The predicted octanol–water partition coefficient (Wildman–Crippen LogP) is -2.09. The summed E-state index contributed by atoms with van der Waals surface area (Å²) in [6.45, 7) is 4.68. The molecule has 1 aromatic rings. The van der Waals surface area contributed by atoms with Gasteiger partial charge in [-0.3, -0.25) is 4.90 Å². The minimum absolute atomic E-state index is 0. The molecule has 2 rings (SSSR count). The van der Waals surface area contributed by atoms with E-state index in [2.05, 4.69) is 30.0 Å². The Kier molecular flexibility index (Phi) is 10.1. The molecule has 0 saturated heterocycles. The zero-order valence-corrected chi connectivity index (χ0v) is 17.5. The summed E-state index contributed by atoms with van der Waals surface area (Å²) in [5.41, 5.74) is 4.08. The molecular formula is C13H19NNa2O3P. The number of hydrogen-bond acceptors (Lipinski definition) is 3. The Morgan fingerprint density at radius 3 is 2.80 bits per heavy atom. The Bertz CT molecular complexity index is 479. The first-order valence-corrected chi connectivity index (χ1v) is 8.04. The molecule has 1 aliphatic heterocycles. The second-order valence-electron chi connectivity index (χ2n) is 4.95. The molecule has 1 atom stereocenters. The van der Waals surface area contributed by atoms with Crippen molar-refractivity contribution < 1.29 is 43.9 Å². The molecule has 1 unspecified atom stereocenters. The molecule has 101 valence electrons. The van der Waals surface area contributed by atoms with Gasteiger partial charge >= 0.3 is 29.6 Å². The fraction of sp³-hybridized carbons (Fsp3) is 0.538. The van der Waals surface area contributed by atoms with Gasteiger partial charge in [0.05, 0.1) is 0 Å². The Balaban J connectivity index is 0.00000180. The van der Waals surface area contributed by atoms with Gasteiger partial charge in [0.2, 0.25) is 0 Å². The zero-order valence-electron chi connectivity index (χ0n) is 12.6. The van der Waals surface area contributed by atoms with Crippen LogP contribution in [0.3, 0.4) is 0 Å². The summed E-state index contributed by atoms with van der Waals surface area (Å²) in [6.07, 6.45) is 1.40. The van der Waals surface area contributed by atoms with Gasteiger partial charge in [-0.15, -0.1) is 0 Å². The van der Waals surface area contributed by atoms with Crippen molar-refractivity contribution in [2.24, 2.45) is 0 Å². The normalized spacial score (nSPS) is 17.4. The van der Waals surface area contributed by atoms with E-state index in [0.717, 1.165) is 26.1 Å². The van der Waals surface area contributed by atoms with Crippen molar-refractivity contribution in [1.82, 2.24) is 4.90 Å².